The first-order valence-electron chi connectivity index (χ1n) is 7.56. The lowest BCUT2D eigenvalue weighted by Gasteiger charge is -2.11. The summed E-state index contributed by atoms with van der Waals surface area (Å²) < 4.78 is 24.6. The van der Waals surface area contributed by atoms with Gasteiger partial charge in [0, 0.05) is 19.0 Å². The van der Waals surface area contributed by atoms with Crippen LogP contribution in [0.25, 0.3) is 11.0 Å². The third-order valence-electron chi connectivity index (χ3n) is 4.31. The summed E-state index contributed by atoms with van der Waals surface area (Å²) in [5.74, 6) is 0.158. The number of carbonyl (C=O) groups is 1. The highest BCUT2D eigenvalue weighted by molar-refractivity contribution is 7.91. The van der Waals surface area contributed by atoms with E-state index in [0.717, 1.165) is 16.7 Å². The molecule has 1 aliphatic rings. The van der Waals surface area contributed by atoms with Gasteiger partial charge in [-0.2, -0.15) is 5.10 Å². The van der Waals surface area contributed by atoms with Crippen LogP contribution in [0, 0.1) is 19.8 Å². The van der Waals surface area contributed by atoms with Gasteiger partial charge in [-0.3, -0.25) is 9.48 Å². The molecular weight excluding hydrogens is 316 g/mol. The van der Waals surface area contributed by atoms with E-state index in [1.165, 1.54) is 0 Å². The lowest BCUT2D eigenvalue weighted by atomic mass is 10.1. The van der Waals surface area contributed by atoms with E-state index in [0.29, 0.717) is 24.2 Å². The minimum atomic E-state index is -2.92. The predicted molar refractivity (Wildman–Crippen MR) is 87.1 cm³/mol. The molecule has 0 saturated carbocycles. The first kappa shape index (κ1) is 15.9. The molecule has 1 saturated heterocycles. The van der Waals surface area contributed by atoms with Crippen LogP contribution in [0.3, 0.4) is 0 Å². The van der Waals surface area contributed by atoms with Crippen molar-refractivity contribution in [1.29, 1.82) is 0 Å². The fraction of sp³-hybridized carbons (Fsp3) is 0.533. The summed E-state index contributed by atoms with van der Waals surface area (Å²) in [6, 6.07) is 1.81. The number of sulfone groups is 1. The third kappa shape index (κ3) is 3.08. The highest BCUT2D eigenvalue weighted by Gasteiger charge is 2.28. The fourth-order valence-electron chi connectivity index (χ4n) is 3.03. The van der Waals surface area contributed by atoms with Crippen molar-refractivity contribution in [2.45, 2.75) is 20.3 Å². The number of hydrogen-bond acceptors (Lipinski definition) is 5. The van der Waals surface area contributed by atoms with E-state index in [4.69, 9.17) is 0 Å². The van der Waals surface area contributed by atoms with Gasteiger partial charge in [0.15, 0.2) is 15.5 Å². The van der Waals surface area contributed by atoms with Crippen molar-refractivity contribution < 1.29 is 13.2 Å². The van der Waals surface area contributed by atoms with Crippen LogP contribution in [0.5, 0.6) is 0 Å². The summed E-state index contributed by atoms with van der Waals surface area (Å²) in [4.78, 5) is 16.9. The summed E-state index contributed by atoms with van der Waals surface area (Å²) in [5, 5.41) is 8.01. The van der Waals surface area contributed by atoms with Crippen molar-refractivity contribution >= 4 is 26.8 Å². The number of fused-ring (bicyclic) bond motifs is 1. The van der Waals surface area contributed by atoms with Gasteiger partial charge in [-0.15, -0.1) is 0 Å². The number of pyridine rings is 1. The molecule has 2 aromatic heterocycles. The number of nitrogens with zero attached hydrogens (tertiary/aromatic N) is 3. The Balaban J connectivity index is 1.78. The van der Waals surface area contributed by atoms with Crippen LogP contribution in [0.15, 0.2) is 6.07 Å². The van der Waals surface area contributed by atoms with Crippen LogP contribution in [-0.2, 0) is 16.9 Å². The topological polar surface area (TPSA) is 93.9 Å². The molecule has 124 valence electrons. The monoisotopic (exact) mass is 336 g/mol. The first-order valence-corrected chi connectivity index (χ1v) is 9.38. The smallest absolute Gasteiger partial charge is 0.253 e. The fourth-order valence-corrected chi connectivity index (χ4v) is 4.89. The zero-order valence-corrected chi connectivity index (χ0v) is 14.3. The second kappa shape index (κ2) is 5.59. The standard InChI is InChI=1S/C15H20N4O3S/c1-9-13(6-12-10(2)18-19(3)14(12)17-9)15(20)16-7-11-4-5-23(21,22)8-11/h6,11H,4-5,7-8H2,1-3H3,(H,16,20)/t11-/m0/s1. The van der Waals surface area contributed by atoms with Crippen LogP contribution in [0.1, 0.15) is 28.2 Å². The second-order valence-electron chi connectivity index (χ2n) is 6.18. The average Bonchev–Trinajstić information content (AvgIpc) is 2.95. The maximum Gasteiger partial charge on any atom is 0.253 e. The van der Waals surface area contributed by atoms with Crippen molar-refractivity contribution in [3.63, 3.8) is 0 Å². The van der Waals surface area contributed by atoms with Gasteiger partial charge in [-0.1, -0.05) is 0 Å². The SMILES string of the molecule is Cc1nc2c(cc1C(=O)NC[C@@H]1CCS(=O)(=O)C1)c(C)nn2C. The van der Waals surface area contributed by atoms with Crippen molar-refractivity contribution in [2.75, 3.05) is 18.1 Å². The first-order chi connectivity index (χ1) is 10.8. The normalized spacial score (nSPS) is 20.0. The molecule has 1 N–H and O–H groups in total. The highest BCUT2D eigenvalue weighted by Crippen LogP contribution is 2.20. The Kier molecular flexibility index (Phi) is 3.87. The van der Waals surface area contributed by atoms with Gasteiger partial charge in [0.05, 0.1) is 28.5 Å². The summed E-state index contributed by atoms with van der Waals surface area (Å²) in [6.07, 6.45) is 0.612. The largest absolute Gasteiger partial charge is 0.352 e. The Morgan fingerprint density at radius 3 is 2.78 bits per heavy atom. The lowest BCUT2D eigenvalue weighted by molar-refractivity contribution is 0.0947. The zero-order valence-electron chi connectivity index (χ0n) is 13.5. The van der Waals surface area contributed by atoms with E-state index >= 15 is 0 Å². The molecule has 0 spiro atoms. The van der Waals surface area contributed by atoms with Crippen molar-refractivity contribution in [2.24, 2.45) is 13.0 Å². The molecule has 7 nitrogen and oxygen atoms in total. The number of hydrogen-bond donors (Lipinski definition) is 1. The number of amides is 1. The molecule has 1 aliphatic heterocycles. The molecule has 0 unspecified atom stereocenters. The Morgan fingerprint density at radius 2 is 2.13 bits per heavy atom. The maximum atomic E-state index is 12.4. The molecule has 0 aliphatic carbocycles. The molecule has 3 rings (SSSR count). The molecule has 1 amide bonds. The minimum absolute atomic E-state index is 0.000995. The number of carbonyl (C=O) groups excluding carboxylic acids is 1. The van der Waals surface area contributed by atoms with E-state index in [-0.39, 0.29) is 23.3 Å². The molecule has 0 radical (unpaired) electrons. The Bertz CT molecular complexity index is 886. The van der Waals surface area contributed by atoms with Crippen molar-refractivity contribution in [3.8, 4) is 0 Å². The number of rotatable bonds is 3. The average molecular weight is 336 g/mol. The zero-order chi connectivity index (χ0) is 16.8. The number of aromatic nitrogens is 3. The summed E-state index contributed by atoms with van der Waals surface area (Å²) >= 11 is 0. The highest BCUT2D eigenvalue weighted by atomic mass is 32.2. The van der Waals surface area contributed by atoms with Gasteiger partial charge >= 0.3 is 0 Å². The Labute approximate surface area is 135 Å². The van der Waals surface area contributed by atoms with Crippen LogP contribution in [-0.4, -0.2) is 47.1 Å². The molecule has 3 heterocycles. The van der Waals surface area contributed by atoms with E-state index in [2.05, 4.69) is 15.4 Å². The molecule has 8 heteroatoms. The Morgan fingerprint density at radius 1 is 1.39 bits per heavy atom. The van der Waals surface area contributed by atoms with E-state index in [9.17, 15) is 13.2 Å². The predicted octanol–water partition coefficient (Wildman–Crippen LogP) is 0.750. The van der Waals surface area contributed by atoms with Gasteiger partial charge < -0.3 is 5.32 Å². The van der Waals surface area contributed by atoms with Crippen LogP contribution >= 0.6 is 0 Å². The molecule has 1 fully saturated rings. The molecule has 23 heavy (non-hydrogen) atoms. The summed E-state index contributed by atoms with van der Waals surface area (Å²) in [7, 11) is -1.10. The van der Waals surface area contributed by atoms with Crippen LogP contribution < -0.4 is 5.32 Å². The van der Waals surface area contributed by atoms with Crippen LogP contribution in [0.2, 0.25) is 0 Å². The maximum absolute atomic E-state index is 12.4. The van der Waals surface area contributed by atoms with E-state index < -0.39 is 9.84 Å². The quantitative estimate of drug-likeness (QED) is 0.892. The third-order valence-corrected chi connectivity index (χ3v) is 6.15. The van der Waals surface area contributed by atoms with Crippen molar-refractivity contribution in [3.05, 3.63) is 23.0 Å². The molecule has 0 bridgehead atoms. The number of aryl methyl sites for hydroxylation is 3. The molecule has 1 atom stereocenters. The number of nitrogens with one attached hydrogen (secondary N) is 1. The van der Waals surface area contributed by atoms with Gasteiger partial charge in [0.2, 0.25) is 0 Å². The molecular formula is C15H20N4O3S. The van der Waals surface area contributed by atoms with E-state index in [1.807, 2.05) is 14.0 Å². The minimum Gasteiger partial charge on any atom is -0.352 e. The van der Waals surface area contributed by atoms with Crippen molar-refractivity contribution in [1.82, 2.24) is 20.1 Å². The van der Waals surface area contributed by atoms with Gasteiger partial charge in [0.25, 0.3) is 5.91 Å². The molecule has 2 aromatic rings. The van der Waals surface area contributed by atoms with Crippen LogP contribution in [0.4, 0.5) is 0 Å². The second-order valence-corrected chi connectivity index (χ2v) is 8.41. The van der Waals surface area contributed by atoms with Gasteiger partial charge in [-0.05, 0) is 32.3 Å². The summed E-state index contributed by atoms with van der Waals surface area (Å²) in [5.41, 5.74) is 2.72. The van der Waals surface area contributed by atoms with E-state index in [1.54, 1.807) is 17.7 Å². The van der Waals surface area contributed by atoms with Gasteiger partial charge in [0.1, 0.15) is 0 Å². The lowest BCUT2D eigenvalue weighted by Crippen LogP contribution is -2.30. The van der Waals surface area contributed by atoms with Gasteiger partial charge in [-0.25, -0.2) is 13.4 Å². The molecule has 0 aromatic carbocycles. The Hall–Kier alpha value is -1.96. The summed E-state index contributed by atoms with van der Waals surface area (Å²) in [6.45, 7) is 4.04.